The molecule has 2 amide bonds. The molecule has 0 radical (unpaired) electrons. The van der Waals surface area contributed by atoms with Gasteiger partial charge in [0, 0.05) is 43.0 Å². The first-order chi connectivity index (χ1) is 20.6. The molecule has 0 saturated heterocycles. The van der Waals surface area contributed by atoms with Crippen molar-refractivity contribution in [3.8, 4) is 0 Å². The normalized spacial score (nSPS) is 9.91. The van der Waals surface area contributed by atoms with E-state index in [4.69, 9.17) is 11.1 Å². The smallest absolute Gasteiger partial charge is 0.412 e. The Hall–Kier alpha value is -4.46. The molecule has 0 aliphatic carbocycles. The molecule has 0 saturated carbocycles. The van der Waals surface area contributed by atoms with E-state index in [-0.39, 0.29) is 5.91 Å². The summed E-state index contributed by atoms with van der Waals surface area (Å²) in [6.45, 7) is 19.5. The van der Waals surface area contributed by atoms with E-state index in [1.54, 1.807) is 39.8 Å². The number of nitrogens with zero attached hydrogens (tertiary/aromatic N) is 4. The number of hydrogen-bond acceptors (Lipinski definition) is 11. The number of hydrogen-bond donors (Lipinski definition) is 5. The van der Waals surface area contributed by atoms with Gasteiger partial charge in [0.15, 0.2) is 0 Å². The van der Waals surface area contributed by atoms with Crippen LogP contribution in [0.4, 0.5) is 16.2 Å². The van der Waals surface area contributed by atoms with Crippen LogP contribution in [-0.4, -0.2) is 93.1 Å². The maximum absolute atomic E-state index is 11.6. The molecule has 0 aromatic heterocycles. The average Bonchev–Trinajstić information content (AvgIpc) is 3.39. The van der Waals surface area contributed by atoms with Crippen LogP contribution in [0.1, 0.15) is 12.5 Å². The van der Waals surface area contributed by atoms with Gasteiger partial charge in [-0.25, -0.2) is 9.79 Å². The minimum atomic E-state index is -0.550. The Kier molecular flexibility index (Phi) is 33.9. The van der Waals surface area contributed by atoms with E-state index in [0.29, 0.717) is 17.9 Å². The number of alkyl carbamates (subject to hydrolysis) is 1. The number of rotatable bonds is 4. The summed E-state index contributed by atoms with van der Waals surface area (Å²) in [5, 5.41) is 13.6. The van der Waals surface area contributed by atoms with E-state index < -0.39 is 12.1 Å². The fourth-order valence-corrected chi connectivity index (χ4v) is 3.36. The van der Waals surface area contributed by atoms with E-state index in [9.17, 15) is 9.59 Å². The average molecular weight is 616 g/mol. The quantitative estimate of drug-likeness (QED) is 0.241. The zero-order valence-electron chi connectivity index (χ0n) is 26.6. The van der Waals surface area contributed by atoms with E-state index in [0.717, 1.165) is 21.0 Å². The van der Waals surface area contributed by atoms with Crippen LogP contribution < -0.4 is 21.7 Å². The lowest BCUT2D eigenvalue weighted by Gasteiger charge is -2.09. The van der Waals surface area contributed by atoms with Crippen molar-refractivity contribution in [3.63, 3.8) is 0 Å². The van der Waals surface area contributed by atoms with Crippen LogP contribution in [0.3, 0.4) is 0 Å². The predicted molar refractivity (Wildman–Crippen MR) is 188 cm³/mol. The van der Waals surface area contributed by atoms with Gasteiger partial charge >= 0.3 is 6.09 Å². The van der Waals surface area contributed by atoms with Gasteiger partial charge in [0.25, 0.3) is 0 Å². The second-order valence-electron chi connectivity index (χ2n) is 7.50. The molecule has 6 N–H and O–H groups in total. The van der Waals surface area contributed by atoms with Gasteiger partial charge in [-0.2, -0.15) is 0 Å². The highest BCUT2D eigenvalue weighted by molar-refractivity contribution is 7.99. The molecule has 43 heavy (non-hydrogen) atoms. The third kappa shape index (κ3) is 23.9. The maximum atomic E-state index is 11.6. The van der Waals surface area contributed by atoms with Crippen molar-refractivity contribution >= 4 is 67.8 Å². The molecule has 1 atom stereocenters. The number of aliphatic imine (C=N–C) groups is 4. The fourth-order valence-electron chi connectivity index (χ4n) is 2.48. The number of fused-ring (bicyclic) bond motifs is 1. The molecule has 2 aromatic rings. The van der Waals surface area contributed by atoms with Crippen LogP contribution in [-0.2, 0) is 16.0 Å². The molecule has 238 valence electrons. The van der Waals surface area contributed by atoms with E-state index in [2.05, 4.69) is 86.8 Å². The van der Waals surface area contributed by atoms with Crippen molar-refractivity contribution in [2.75, 3.05) is 47.7 Å². The predicted octanol–water partition coefficient (Wildman–Crippen LogP) is 4.92. The zero-order valence-corrected chi connectivity index (χ0v) is 27.4. The number of nitrogens with one attached hydrogen (secondary N) is 4. The van der Waals surface area contributed by atoms with Crippen molar-refractivity contribution < 1.29 is 14.3 Å². The van der Waals surface area contributed by atoms with Gasteiger partial charge in [0.05, 0.1) is 18.8 Å². The van der Waals surface area contributed by atoms with Gasteiger partial charge in [0.2, 0.25) is 5.91 Å². The number of amides is 2. The molecule has 0 spiro atoms. The van der Waals surface area contributed by atoms with E-state index in [1.165, 1.54) is 7.11 Å². The Morgan fingerprint density at radius 3 is 1.81 bits per heavy atom. The van der Waals surface area contributed by atoms with Gasteiger partial charge in [-0.05, 0) is 95.9 Å². The van der Waals surface area contributed by atoms with Crippen LogP contribution in [0.25, 0.3) is 0 Å². The summed E-state index contributed by atoms with van der Waals surface area (Å²) in [4.78, 5) is 39.2. The van der Waals surface area contributed by atoms with Crippen molar-refractivity contribution in [1.29, 1.82) is 5.41 Å². The van der Waals surface area contributed by atoms with Crippen LogP contribution >= 0.6 is 11.8 Å². The summed E-state index contributed by atoms with van der Waals surface area (Å²) in [7, 11) is 9.99. The van der Waals surface area contributed by atoms with Gasteiger partial charge < -0.3 is 41.5 Å². The number of benzene rings is 2. The van der Waals surface area contributed by atoms with Gasteiger partial charge in [0.1, 0.15) is 5.84 Å². The lowest BCUT2D eigenvalue weighted by molar-refractivity contribution is -0.117. The first-order valence-electron chi connectivity index (χ1n) is 12.5. The minimum absolute atomic E-state index is 0.217. The number of nitrogens with two attached hydrogens (primary N) is 1. The minimum Gasteiger partial charge on any atom is -0.453 e. The number of carbonyl (C=O) groups excluding carboxylic acids is 2. The topological polar surface area (TPSA) is 179 Å². The lowest BCUT2D eigenvalue weighted by Crippen LogP contribution is -2.32. The molecule has 1 unspecified atom stereocenters. The van der Waals surface area contributed by atoms with E-state index in [1.807, 2.05) is 50.5 Å². The molecular weight excluding hydrogens is 566 g/mol. The zero-order chi connectivity index (χ0) is 34.2. The van der Waals surface area contributed by atoms with Crippen LogP contribution in [0.5, 0.6) is 0 Å². The highest BCUT2D eigenvalue weighted by Gasteiger charge is 2.17. The Labute approximate surface area is 261 Å². The van der Waals surface area contributed by atoms with Gasteiger partial charge in [-0.1, -0.05) is 11.8 Å². The Morgan fingerprint density at radius 2 is 1.40 bits per heavy atom. The number of amidine groups is 1. The highest BCUT2D eigenvalue weighted by Crippen LogP contribution is 2.34. The number of anilines is 1. The molecule has 2 aromatic carbocycles. The monoisotopic (exact) mass is 615 g/mol. The Morgan fingerprint density at radius 1 is 0.953 bits per heavy atom. The number of carbonyl (C=O) groups is 2. The second kappa shape index (κ2) is 32.1. The molecule has 0 bridgehead atoms. The molecule has 0 fully saturated rings. The van der Waals surface area contributed by atoms with Crippen LogP contribution in [0, 0.1) is 5.41 Å². The summed E-state index contributed by atoms with van der Waals surface area (Å²) in [6, 6.07) is 13.0. The Balaban J connectivity index is -0.000000402. The molecular formula is C30H49N9O3S. The lowest BCUT2D eigenvalue weighted by atomic mass is 10.1. The first kappa shape index (κ1) is 45.5. The number of methoxy groups -OCH3 is 1. The van der Waals surface area contributed by atoms with Crippen LogP contribution in [0.15, 0.2) is 85.4 Å². The molecule has 3 rings (SSSR count). The van der Waals surface area contributed by atoms with Crippen molar-refractivity contribution in [2.24, 2.45) is 25.7 Å². The summed E-state index contributed by atoms with van der Waals surface area (Å²) in [5.41, 5.74) is 8.16. The fraction of sp³-hybridized carbons (Fsp3) is 0.300. The largest absolute Gasteiger partial charge is 0.453 e. The van der Waals surface area contributed by atoms with Crippen molar-refractivity contribution in [3.05, 3.63) is 61.2 Å². The molecule has 1 heterocycles. The molecule has 12 nitrogen and oxygen atoms in total. The van der Waals surface area contributed by atoms with Gasteiger partial charge in [-0.3, -0.25) is 10.1 Å². The van der Waals surface area contributed by atoms with Crippen LogP contribution in [0.2, 0.25) is 0 Å². The number of ether oxygens (including phenoxy) is 1. The summed E-state index contributed by atoms with van der Waals surface area (Å²) < 4.78 is 4.59. The van der Waals surface area contributed by atoms with Crippen molar-refractivity contribution in [1.82, 2.24) is 10.6 Å². The van der Waals surface area contributed by atoms with Crippen molar-refractivity contribution in [2.45, 2.75) is 29.2 Å². The second-order valence-corrected chi connectivity index (χ2v) is 8.64. The first-order valence-corrected chi connectivity index (χ1v) is 13.3. The maximum Gasteiger partial charge on any atom is 0.412 e. The summed E-state index contributed by atoms with van der Waals surface area (Å²) >= 11 is 1.61. The van der Waals surface area contributed by atoms with Gasteiger partial charge in [-0.15, -0.1) is 13.2 Å². The third-order valence-corrected chi connectivity index (χ3v) is 4.86. The standard InChI is InChI=1S/C19H20N4O3S.C2H7N.3C2H5N.C2H4.CH3N/c1-11(20)18(24)21-13-3-5-14(6-4-13)27-15-7-8-16-12(9-15)10-17(22-16)23-19(25)26-2;4*1-3-2;2*1-2/h3-9,11H,10,20H2,1-2H3,(H,21,24)(H,22,23,25);3H,1-2H3;3*1H2,2H3;1-2H2;2H,1H2. The Bertz CT molecular complexity index is 1080. The van der Waals surface area contributed by atoms with E-state index >= 15 is 0 Å². The molecule has 1 aliphatic heterocycles. The highest BCUT2D eigenvalue weighted by atomic mass is 32.2. The molecule has 1 aliphatic rings. The summed E-state index contributed by atoms with van der Waals surface area (Å²) in [5.74, 6) is 0.360. The molecule has 13 heteroatoms. The third-order valence-electron chi connectivity index (χ3n) is 3.87. The SMILES string of the molecule is C=C.C=N.C=NC.C=NC.C=NC.CNC.COC(=O)NC1=Nc2ccc(Sc3ccc(NC(=O)C(C)N)cc3)cc2C1. The summed E-state index contributed by atoms with van der Waals surface area (Å²) in [6.07, 6.45) is 0.0357.